The summed E-state index contributed by atoms with van der Waals surface area (Å²) in [5.41, 5.74) is 0.661. The molecule has 0 saturated heterocycles. The molecule has 1 aromatic heterocycles. The summed E-state index contributed by atoms with van der Waals surface area (Å²) < 4.78 is 25.4. The summed E-state index contributed by atoms with van der Waals surface area (Å²) in [6, 6.07) is 6.41. The number of benzene rings is 1. The van der Waals surface area contributed by atoms with Crippen LogP contribution >= 0.6 is 11.6 Å². The van der Waals surface area contributed by atoms with Gasteiger partial charge in [-0.3, -0.25) is 4.79 Å². The molecule has 0 bridgehead atoms. The topological polar surface area (TPSA) is 69.0 Å². The van der Waals surface area contributed by atoms with Crippen LogP contribution in [0.15, 0.2) is 35.6 Å². The monoisotopic (exact) mass is 326 g/mol. The summed E-state index contributed by atoms with van der Waals surface area (Å²) in [6.07, 6.45) is 1.79. The van der Waals surface area contributed by atoms with E-state index in [1.165, 1.54) is 17.8 Å². The average Bonchev–Trinajstić information content (AvgIpc) is 2.81. The molecule has 0 spiro atoms. The fourth-order valence-corrected chi connectivity index (χ4v) is 3.58. The molecule has 0 aliphatic heterocycles. The zero-order chi connectivity index (χ0) is 15.6. The Bertz CT molecular complexity index is 764. The van der Waals surface area contributed by atoms with E-state index in [2.05, 4.69) is 4.98 Å². The second-order valence-electron chi connectivity index (χ2n) is 4.64. The number of hydrogen-bond donors (Lipinski definition) is 0. The van der Waals surface area contributed by atoms with Crippen molar-refractivity contribution in [2.24, 2.45) is 7.05 Å². The van der Waals surface area contributed by atoms with Crippen LogP contribution in [-0.4, -0.2) is 29.5 Å². The average molecular weight is 327 g/mol. The van der Waals surface area contributed by atoms with Crippen molar-refractivity contribution in [3.8, 4) is 0 Å². The van der Waals surface area contributed by atoms with Gasteiger partial charge in [0, 0.05) is 17.6 Å². The van der Waals surface area contributed by atoms with Crippen LogP contribution in [0.5, 0.6) is 0 Å². The fourth-order valence-electron chi connectivity index (χ4n) is 2.00. The maximum Gasteiger partial charge on any atom is 0.227 e. The van der Waals surface area contributed by atoms with E-state index in [0.29, 0.717) is 17.0 Å². The van der Waals surface area contributed by atoms with E-state index >= 15 is 0 Å². The molecule has 112 valence electrons. The molecule has 0 N–H and O–H groups in total. The number of sulfone groups is 1. The third kappa shape index (κ3) is 3.16. The van der Waals surface area contributed by atoms with Gasteiger partial charge in [0.25, 0.3) is 0 Å². The zero-order valence-electron chi connectivity index (χ0n) is 11.7. The number of hydrogen-bond acceptors (Lipinski definition) is 4. The molecule has 0 aliphatic rings. The van der Waals surface area contributed by atoms with E-state index in [0.717, 1.165) is 0 Å². The zero-order valence-corrected chi connectivity index (χ0v) is 13.3. The first-order valence-corrected chi connectivity index (χ1v) is 8.44. The Morgan fingerprint density at radius 1 is 1.29 bits per heavy atom. The van der Waals surface area contributed by atoms with Gasteiger partial charge in [0.15, 0.2) is 0 Å². The first-order chi connectivity index (χ1) is 9.86. The lowest BCUT2D eigenvalue weighted by molar-refractivity contribution is 0.103. The van der Waals surface area contributed by atoms with Crippen LogP contribution in [-0.2, 0) is 16.9 Å². The molecule has 0 atom stereocenters. The molecule has 5 nitrogen and oxygen atoms in total. The first kappa shape index (κ1) is 15.7. The van der Waals surface area contributed by atoms with Crippen molar-refractivity contribution in [1.29, 1.82) is 0 Å². The third-order valence-corrected chi connectivity index (χ3v) is 5.17. The van der Waals surface area contributed by atoms with Crippen LogP contribution < -0.4 is 0 Å². The lowest BCUT2D eigenvalue weighted by atomic mass is 10.1. The summed E-state index contributed by atoms with van der Waals surface area (Å²) >= 11 is 5.78. The number of rotatable bonds is 5. The molecule has 0 saturated carbocycles. The number of imidazole rings is 1. The molecule has 0 unspecified atom stereocenters. The number of carbonyl (C=O) groups excluding carboxylic acids is 1. The van der Waals surface area contributed by atoms with E-state index in [1.54, 1.807) is 31.2 Å². The second kappa shape index (κ2) is 5.99. The summed E-state index contributed by atoms with van der Waals surface area (Å²) in [5.74, 6) is -0.286. The van der Waals surface area contributed by atoms with Crippen molar-refractivity contribution in [1.82, 2.24) is 9.55 Å². The Kier molecular flexibility index (Phi) is 4.49. The van der Waals surface area contributed by atoms with Gasteiger partial charge in [-0.05, 0) is 30.7 Å². The Morgan fingerprint density at radius 2 is 1.90 bits per heavy atom. The highest BCUT2D eigenvalue weighted by Gasteiger charge is 2.23. The first-order valence-electron chi connectivity index (χ1n) is 6.41. The van der Waals surface area contributed by atoms with Crippen molar-refractivity contribution in [2.45, 2.75) is 18.5 Å². The number of carbonyl (C=O) groups is 1. The lowest BCUT2D eigenvalue weighted by Crippen LogP contribution is -2.15. The Morgan fingerprint density at radius 3 is 2.48 bits per heavy atom. The SMILES string of the molecule is CCCS(=O)(=O)c1ncc(C(=O)c2ccc(Cl)cc2)n1C. The van der Waals surface area contributed by atoms with Gasteiger partial charge in [-0.25, -0.2) is 13.4 Å². The van der Waals surface area contributed by atoms with Gasteiger partial charge < -0.3 is 4.57 Å². The molecule has 0 aliphatic carbocycles. The number of nitrogens with zero attached hydrogens (tertiary/aromatic N) is 2. The maximum atomic E-state index is 12.4. The summed E-state index contributed by atoms with van der Waals surface area (Å²) in [4.78, 5) is 16.3. The van der Waals surface area contributed by atoms with Gasteiger partial charge >= 0.3 is 0 Å². The molecule has 1 heterocycles. The van der Waals surface area contributed by atoms with E-state index in [1.807, 2.05) is 0 Å². The van der Waals surface area contributed by atoms with Crippen LogP contribution in [0.2, 0.25) is 5.02 Å². The number of halogens is 1. The highest BCUT2D eigenvalue weighted by molar-refractivity contribution is 7.91. The smallest absolute Gasteiger partial charge is 0.227 e. The molecule has 0 amide bonds. The second-order valence-corrected chi connectivity index (χ2v) is 7.08. The Hall–Kier alpha value is -1.66. The number of ketones is 1. The van der Waals surface area contributed by atoms with E-state index in [-0.39, 0.29) is 22.4 Å². The van der Waals surface area contributed by atoms with Crippen molar-refractivity contribution in [3.05, 3.63) is 46.7 Å². The van der Waals surface area contributed by atoms with E-state index in [9.17, 15) is 13.2 Å². The molecule has 7 heteroatoms. The van der Waals surface area contributed by atoms with Gasteiger partial charge in [-0.15, -0.1) is 0 Å². The highest BCUT2D eigenvalue weighted by atomic mass is 35.5. The van der Waals surface area contributed by atoms with E-state index in [4.69, 9.17) is 11.6 Å². The molecule has 2 aromatic rings. The molecule has 21 heavy (non-hydrogen) atoms. The van der Waals surface area contributed by atoms with Crippen molar-refractivity contribution in [3.63, 3.8) is 0 Å². The molecular formula is C14H15ClN2O3S. The molecular weight excluding hydrogens is 312 g/mol. The Balaban J connectivity index is 2.41. The lowest BCUT2D eigenvalue weighted by Gasteiger charge is -2.06. The maximum absolute atomic E-state index is 12.4. The van der Waals surface area contributed by atoms with Crippen LogP contribution in [0, 0.1) is 0 Å². The predicted molar refractivity (Wildman–Crippen MR) is 80.4 cm³/mol. The van der Waals surface area contributed by atoms with Gasteiger partial charge in [0.2, 0.25) is 20.8 Å². The largest absolute Gasteiger partial charge is 0.315 e. The van der Waals surface area contributed by atoms with Crippen LogP contribution in [0.25, 0.3) is 0 Å². The van der Waals surface area contributed by atoms with Gasteiger partial charge in [0.1, 0.15) is 5.69 Å². The molecule has 0 radical (unpaired) electrons. The summed E-state index contributed by atoms with van der Waals surface area (Å²) in [5, 5.41) is 0.449. The predicted octanol–water partition coefficient (Wildman–Crippen LogP) is 2.49. The minimum absolute atomic E-state index is 0.00638. The van der Waals surface area contributed by atoms with Crippen molar-refractivity contribution < 1.29 is 13.2 Å². The molecule has 1 aromatic carbocycles. The summed E-state index contributed by atoms with van der Waals surface area (Å²) in [6.45, 7) is 1.78. The standard InChI is InChI=1S/C14H15ClN2O3S/c1-3-8-21(19,20)14-16-9-12(17(14)2)13(18)10-4-6-11(15)7-5-10/h4-7,9H,3,8H2,1-2H3. The third-order valence-electron chi connectivity index (χ3n) is 3.04. The van der Waals surface area contributed by atoms with Crippen molar-refractivity contribution in [2.75, 3.05) is 5.75 Å². The van der Waals surface area contributed by atoms with Crippen LogP contribution in [0.1, 0.15) is 29.4 Å². The molecule has 2 rings (SSSR count). The minimum atomic E-state index is -3.46. The molecule has 0 fully saturated rings. The van der Waals surface area contributed by atoms with Crippen molar-refractivity contribution >= 4 is 27.2 Å². The normalized spacial score (nSPS) is 11.6. The Labute approximate surface area is 128 Å². The van der Waals surface area contributed by atoms with Gasteiger partial charge in [0.05, 0.1) is 11.9 Å². The highest BCUT2D eigenvalue weighted by Crippen LogP contribution is 2.17. The minimum Gasteiger partial charge on any atom is -0.315 e. The fraction of sp³-hybridized carbons (Fsp3) is 0.286. The van der Waals surface area contributed by atoms with E-state index < -0.39 is 9.84 Å². The van der Waals surface area contributed by atoms with Gasteiger partial charge in [-0.2, -0.15) is 0 Å². The number of aromatic nitrogens is 2. The summed E-state index contributed by atoms with van der Waals surface area (Å²) in [7, 11) is -1.94. The van der Waals surface area contributed by atoms with Gasteiger partial charge in [-0.1, -0.05) is 18.5 Å². The quantitative estimate of drug-likeness (QED) is 0.792. The van der Waals surface area contributed by atoms with Crippen LogP contribution in [0.3, 0.4) is 0 Å². The van der Waals surface area contributed by atoms with Crippen LogP contribution in [0.4, 0.5) is 0 Å².